The van der Waals surface area contributed by atoms with E-state index in [0.717, 1.165) is 17.2 Å². The molecule has 3 aromatic rings. The number of carbonyl (C=O) groups is 2. The second-order valence-electron chi connectivity index (χ2n) is 4.66. The van der Waals surface area contributed by atoms with Crippen molar-refractivity contribution in [3.63, 3.8) is 0 Å². The van der Waals surface area contributed by atoms with Crippen molar-refractivity contribution in [1.29, 1.82) is 0 Å². The molecule has 104 valence electrons. The van der Waals surface area contributed by atoms with Gasteiger partial charge in [0.15, 0.2) is 0 Å². The SMILES string of the molecule is COc1ccc(C(=O)n2ccc3cc(C=O)ccc32)cc1. The van der Waals surface area contributed by atoms with Gasteiger partial charge in [0.1, 0.15) is 12.0 Å². The Kier molecular flexibility index (Phi) is 3.28. The Bertz CT molecular complexity index is 816. The van der Waals surface area contributed by atoms with Gasteiger partial charge >= 0.3 is 0 Å². The molecule has 0 saturated carbocycles. The summed E-state index contributed by atoms with van der Waals surface area (Å²) in [5.74, 6) is 0.589. The van der Waals surface area contributed by atoms with E-state index in [2.05, 4.69) is 0 Å². The zero-order chi connectivity index (χ0) is 14.8. The second kappa shape index (κ2) is 5.25. The highest BCUT2D eigenvalue weighted by molar-refractivity contribution is 6.02. The monoisotopic (exact) mass is 279 g/mol. The third kappa shape index (κ3) is 2.31. The first-order valence-electron chi connectivity index (χ1n) is 6.48. The normalized spacial score (nSPS) is 10.5. The lowest BCUT2D eigenvalue weighted by Gasteiger charge is -2.05. The molecule has 0 aliphatic heterocycles. The molecule has 0 unspecified atom stereocenters. The van der Waals surface area contributed by atoms with Crippen LogP contribution in [0.1, 0.15) is 20.7 Å². The van der Waals surface area contributed by atoms with Crippen LogP contribution in [0.2, 0.25) is 0 Å². The van der Waals surface area contributed by atoms with Crippen molar-refractivity contribution in [2.24, 2.45) is 0 Å². The number of methoxy groups -OCH3 is 1. The standard InChI is InChI=1S/C17H13NO3/c1-21-15-5-3-13(4-6-15)17(20)18-9-8-14-10-12(11-19)2-7-16(14)18/h2-11H,1H3. The number of fused-ring (bicyclic) bond motifs is 1. The largest absolute Gasteiger partial charge is 0.497 e. The summed E-state index contributed by atoms with van der Waals surface area (Å²) < 4.78 is 6.66. The number of aromatic nitrogens is 1. The van der Waals surface area contributed by atoms with Crippen molar-refractivity contribution in [3.8, 4) is 5.75 Å². The Balaban J connectivity index is 2.02. The average Bonchev–Trinajstić information content (AvgIpc) is 2.97. The number of hydrogen-bond acceptors (Lipinski definition) is 3. The molecule has 0 fully saturated rings. The highest BCUT2D eigenvalue weighted by Crippen LogP contribution is 2.19. The summed E-state index contributed by atoms with van der Waals surface area (Å²) in [6, 6.07) is 14.0. The third-order valence-electron chi connectivity index (χ3n) is 3.41. The maximum Gasteiger partial charge on any atom is 0.262 e. The van der Waals surface area contributed by atoms with Crippen LogP contribution in [0.15, 0.2) is 54.7 Å². The van der Waals surface area contributed by atoms with Gasteiger partial charge in [0.2, 0.25) is 0 Å². The summed E-state index contributed by atoms with van der Waals surface area (Å²) >= 11 is 0. The number of rotatable bonds is 3. The van der Waals surface area contributed by atoms with Crippen LogP contribution in [0.3, 0.4) is 0 Å². The van der Waals surface area contributed by atoms with E-state index in [1.807, 2.05) is 6.07 Å². The zero-order valence-corrected chi connectivity index (χ0v) is 11.4. The van der Waals surface area contributed by atoms with Crippen LogP contribution in [0.4, 0.5) is 0 Å². The van der Waals surface area contributed by atoms with Gasteiger partial charge in [-0.15, -0.1) is 0 Å². The fraction of sp³-hybridized carbons (Fsp3) is 0.0588. The molecule has 0 atom stereocenters. The van der Waals surface area contributed by atoms with E-state index in [4.69, 9.17) is 4.74 Å². The number of benzene rings is 2. The van der Waals surface area contributed by atoms with Crippen molar-refractivity contribution in [3.05, 3.63) is 65.9 Å². The van der Waals surface area contributed by atoms with Crippen LogP contribution >= 0.6 is 0 Å². The molecule has 4 nitrogen and oxygen atoms in total. The van der Waals surface area contributed by atoms with Crippen LogP contribution in [0.25, 0.3) is 10.9 Å². The molecule has 0 spiro atoms. The molecule has 0 bridgehead atoms. The maximum absolute atomic E-state index is 12.5. The van der Waals surface area contributed by atoms with Gasteiger partial charge in [-0.25, -0.2) is 0 Å². The average molecular weight is 279 g/mol. The number of hydrogen-bond donors (Lipinski definition) is 0. The summed E-state index contributed by atoms with van der Waals surface area (Å²) in [5, 5.41) is 0.862. The van der Waals surface area contributed by atoms with Crippen molar-refractivity contribution in [1.82, 2.24) is 4.57 Å². The maximum atomic E-state index is 12.5. The minimum absolute atomic E-state index is 0.119. The van der Waals surface area contributed by atoms with E-state index in [1.165, 1.54) is 0 Å². The summed E-state index contributed by atoms with van der Waals surface area (Å²) in [6.45, 7) is 0. The molecule has 0 amide bonds. The molecule has 0 saturated heterocycles. The van der Waals surface area contributed by atoms with Gasteiger partial charge in [-0.1, -0.05) is 0 Å². The molecule has 0 aliphatic carbocycles. The fourth-order valence-electron chi connectivity index (χ4n) is 2.28. The van der Waals surface area contributed by atoms with Crippen LogP contribution in [0.5, 0.6) is 5.75 Å². The molecular formula is C17H13NO3. The molecule has 4 heteroatoms. The Morgan fingerprint density at radius 2 is 1.86 bits per heavy atom. The number of ether oxygens (including phenoxy) is 1. The minimum atomic E-state index is -0.119. The third-order valence-corrected chi connectivity index (χ3v) is 3.41. The van der Waals surface area contributed by atoms with Crippen molar-refractivity contribution >= 4 is 23.1 Å². The van der Waals surface area contributed by atoms with Crippen molar-refractivity contribution < 1.29 is 14.3 Å². The van der Waals surface area contributed by atoms with E-state index >= 15 is 0 Å². The smallest absolute Gasteiger partial charge is 0.262 e. The number of carbonyl (C=O) groups excluding carboxylic acids is 2. The Hall–Kier alpha value is -2.88. The van der Waals surface area contributed by atoms with Gasteiger partial charge in [0.05, 0.1) is 12.6 Å². The molecule has 2 aromatic carbocycles. The minimum Gasteiger partial charge on any atom is -0.497 e. The quantitative estimate of drug-likeness (QED) is 0.692. The Morgan fingerprint density at radius 1 is 1.10 bits per heavy atom. The summed E-state index contributed by atoms with van der Waals surface area (Å²) in [7, 11) is 1.58. The molecule has 1 aromatic heterocycles. The molecule has 21 heavy (non-hydrogen) atoms. The van der Waals surface area contributed by atoms with E-state index < -0.39 is 0 Å². The van der Waals surface area contributed by atoms with Crippen LogP contribution < -0.4 is 4.74 Å². The van der Waals surface area contributed by atoms with Crippen molar-refractivity contribution in [2.45, 2.75) is 0 Å². The van der Waals surface area contributed by atoms with E-state index in [9.17, 15) is 9.59 Å². The van der Waals surface area contributed by atoms with Gasteiger partial charge in [-0.3, -0.25) is 14.2 Å². The lowest BCUT2D eigenvalue weighted by atomic mass is 10.1. The Labute approximate surface area is 121 Å². The number of aldehydes is 1. The first-order valence-corrected chi connectivity index (χ1v) is 6.48. The molecule has 0 N–H and O–H groups in total. The van der Waals surface area contributed by atoms with Crippen LogP contribution in [-0.4, -0.2) is 23.9 Å². The summed E-state index contributed by atoms with van der Waals surface area (Å²) in [6.07, 6.45) is 2.51. The van der Waals surface area contributed by atoms with Gasteiger partial charge in [0, 0.05) is 22.7 Å². The topological polar surface area (TPSA) is 48.3 Å². The number of nitrogens with zero attached hydrogens (tertiary/aromatic N) is 1. The first-order chi connectivity index (χ1) is 10.2. The lowest BCUT2D eigenvalue weighted by Crippen LogP contribution is -2.10. The molecule has 3 rings (SSSR count). The summed E-state index contributed by atoms with van der Waals surface area (Å²) in [4.78, 5) is 23.3. The van der Waals surface area contributed by atoms with E-state index in [1.54, 1.807) is 60.3 Å². The molecule has 1 heterocycles. The lowest BCUT2D eigenvalue weighted by molar-refractivity contribution is 0.0964. The predicted molar refractivity (Wildman–Crippen MR) is 80.0 cm³/mol. The van der Waals surface area contributed by atoms with Crippen LogP contribution in [-0.2, 0) is 0 Å². The molecule has 0 radical (unpaired) electrons. The van der Waals surface area contributed by atoms with Crippen LogP contribution in [0, 0.1) is 0 Å². The fourth-order valence-corrected chi connectivity index (χ4v) is 2.28. The van der Waals surface area contributed by atoms with Gasteiger partial charge in [0.25, 0.3) is 5.91 Å². The molecule has 0 aliphatic rings. The molecular weight excluding hydrogens is 266 g/mol. The van der Waals surface area contributed by atoms with Gasteiger partial charge in [-0.05, 0) is 48.5 Å². The predicted octanol–water partition coefficient (Wildman–Crippen LogP) is 3.15. The van der Waals surface area contributed by atoms with Gasteiger partial charge < -0.3 is 4.74 Å². The summed E-state index contributed by atoms with van der Waals surface area (Å²) in [5.41, 5.74) is 1.95. The van der Waals surface area contributed by atoms with Crippen molar-refractivity contribution in [2.75, 3.05) is 7.11 Å². The second-order valence-corrected chi connectivity index (χ2v) is 4.66. The van der Waals surface area contributed by atoms with E-state index in [0.29, 0.717) is 16.9 Å². The van der Waals surface area contributed by atoms with Gasteiger partial charge in [-0.2, -0.15) is 0 Å². The first kappa shape index (κ1) is 13.1. The highest BCUT2D eigenvalue weighted by Gasteiger charge is 2.11. The Morgan fingerprint density at radius 3 is 2.52 bits per heavy atom. The highest BCUT2D eigenvalue weighted by atomic mass is 16.5. The zero-order valence-electron chi connectivity index (χ0n) is 11.4. The van der Waals surface area contributed by atoms with E-state index in [-0.39, 0.29) is 5.91 Å².